The van der Waals surface area contributed by atoms with E-state index in [0.717, 1.165) is 18.5 Å². The first-order valence-corrected chi connectivity index (χ1v) is 7.59. The van der Waals surface area contributed by atoms with E-state index < -0.39 is 5.60 Å². The average molecular weight is 299 g/mol. The van der Waals surface area contributed by atoms with Crippen molar-refractivity contribution >= 4 is 17.4 Å². The first kappa shape index (κ1) is 15.1. The molecule has 20 heavy (non-hydrogen) atoms. The summed E-state index contributed by atoms with van der Waals surface area (Å²) in [4.78, 5) is 25.3. The van der Waals surface area contributed by atoms with Crippen molar-refractivity contribution in [3.63, 3.8) is 0 Å². The van der Waals surface area contributed by atoms with Crippen LogP contribution in [-0.4, -0.2) is 28.8 Å². The van der Waals surface area contributed by atoms with Gasteiger partial charge in [-0.1, -0.05) is 11.3 Å². The molecule has 6 nitrogen and oxygen atoms in total. The second-order valence-electron chi connectivity index (χ2n) is 6.07. The lowest BCUT2D eigenvalue weighted by Gasteiger charge is -2.36. The highest BCUT2D eigenvalue weighted by atomic mass is 32.1. The molecule has 0 unspecified atom stereocenters. The van der Waals surface area contributed by atoms with Crippen LogP contribution in [0.3, 0.4) is 0 Å². The highest BCUT2D eigenvalue weighted by Crippen LogP contribution is 2.21. The van der Waals surface area contributed by atoms with Gasteiger partial charge in [-0.3, -0.25) is 4.79 Å². The predicted octanol–water partition coefficient (Wildman–Crippen LogP) is 1.58. The van der Waals surface area contributed by atoms with Gasteiger partial charge in [0.25, 0.3) is 0 Å². The normalized spacial score (nSPS) is 22.1. The van der Waals surface area contributed by atoms with Crippen LogP contribution in [0.25, 0.3) is 0 Å². The third-order valence-corrected chi connectivity index (χ3v) is 3.73. The zero-order chi connectivity index (χ0) is 14.8. The van der Waals surface area contributed by atoms with Crippen LogP contribution in [0.4, 0.5) is 4.79 Å². The minimum atomic E-state index is -0.462. The Hall–Kier alpha value is -1.34. The maximum absolute atomic E-state index is 11.6. The minimum Gasteiger partial charge on any atom is -0.444 e. The number of rotatable bonds is 4. The van der Waals surface area contributed by atoms with Gasteiger partial charge in [0.15, 0.2) is 0 Å². The second kappa shape index (κ2) is 5.97. The Morgan fingerprint density at radius 3 is 2.70 bits per heavy atom. The van der Waals surface area contributed by atoms with Crippen molar-refractivity contribution in [2.24, 2.45) is 0 Å². The molecule has 0 radical (unpaired) electrons. The largest absolute Gasteiger partial charge is 0.444 e. The number of carbonyl (C=O) groups excluding carboxylic acids is 1. The molecule has 1 amide bonds. The molecule has 2 rings (SSSR count). The molecule has 1 aliphatic carbocycles. The predicted molar refractivity (Wildman–Crippen MR) is 78.0 cm³/mol. The number of nitrogens with one attached hydrogen (secondary N) is 3. The molecule has 0 aliphatic heterocycles. The monoisotopic (exact) mass is 299 g/mol. The first-order chi connectivity index (χ1) is 9.32. The Morgan fingerprint density at radius 1 is 1.45 bits per heavy atom. The van der Waals surface area contributed by atoms with Gasteiger partial charge < -0.3 is 20.4 Å². The van der Waals surface area contributed by atoms with Crippen LogP contribution in [0, 0.1) is 0 Å². The van der Waals surface area contributed by atoms with E-state index in [4.69, 9.17) is 4.74 Å². The second-order valence-corrected chi connectivity index (χ2v) is 6.91. The molecule has 0 aromatic carbocycles. The van der Waals surface area contributed by atoms with Gasteiger partial charge in [-0.2, -0.15) is 0 Å². The van der Waals surface area contributed by atoms with Gasteiger partial charge in [-0.05, 0) is 33.6 Å². The van der Waals surface area contributed by atoms with Gasteiger partial charge in [-0.25, -0.2) is 4.79 Å². The van der Waals surface area contributed by atoms with Crippen molar-refractivity contribution in [1.29, 1.82) is 0 Å². The molecule has 0 bridgehead atoms. The van der Waals surface area contributed by atoms with E-state index in [-0.39, 0.29) is 17.0 Å². The number of carbonyl (C=O) groups is 1. The summed E-state index contributed by atoms with van der Waals surface area (Å²) in [5.74, 6) is 0. The Morgan fingerprint density at radius 2 is 2.15 bits per heavy atom. The van der Waals surface area contributed by atoms with Crippen molar-refractivity contribution in [1.82, 2.24) is 15.6 Å². The van der Waals surface area contributed by atoms with Crippen molar-refractivity contribution in [3.05, 3.63) is 20.7 Å². The highest BCUT2D eigenvalue weighted by Gasteiger charge is 2.31. The number of ether oxygens (including phenoxy) is 1. The molecule has 3 N–H and O–H groups in total. The summed E-state index contributed by atoms with van der Waals surface area (Å²) in [5.41, 5.74) is 0.444. The summed E-state index contributed by atoms with van der Waals surface area (Å²) >= 11 is 1.17. The number of aromatic amines is 1. The number of hydrogen-bond acceptors (Lipinski definition) is 5. The van der Waals surface area contributed by atoms with Crippen LogP contribution >= 0.6 is 11.3 Å². The van der Waals surface area contributed by atoms with Crippen LogP contribution in [0.5, 0.6) is 0 Å². The van der Waals surface area contributed by atoms with E-state index >= 15 is 0 Å². The van der Waals surface area contributed by atoms with Crippen molar-refractivity contribution in [2.75, 3.05) is 0 Å². The lowest BCUT2D eigenvalue weighted by Crippen LogP contribution is -2.53. The van der Waals surface area contributed by atoms with Crippen molar-refractivity contribution in [3.8, 4) is 0 Å². The van der Waals surface area contributed by atoms with Crippen LogP contribution < -0.4 is 15.5 Å². The fourth-order valence-corrected chi connectivity index (χ4v) is 2.61. The Bertz CT molecular complexity index is 511. The van der Waals surface area contributed by atoms with E-state index in [1.807, 2.05) is 26.2 Å². The quantitative estimate of drug-likeness (QED) is 0.788. The Kier molecular flexibility index (Phi) is 4.49. The van der Waals surface area contributed by atoms with Gasteiger partial charge in [0, 0.05) is 29.7 Å². The number of hydrogen-bond donors (Lipinski definition) is 3. The summed E-state index contributed by atoms with van der Waals surface area (Å²) in [7, 11) is 0. The Labute approximate surface area is 121 Å². The van der Waals surface area contributed by atoms with Gasteiger partial charge in [0.05, 0.1) is 0 Å². The maximum atomic E-state index is 11.6. The SMILES string of the molecule is CC(C)(C)OC(=O)NC1CC(NCc2csc(=O)[nH]2)C1. The topological polar surface area (TPSA) is 83.2 Å². The van der Waals surface area contributed by atoms with E-state index in [1.54, 1.807) is 0 Å². The maximum Gasteiger partial charge on any atom is 0.407 e. The molecule has 1 fully saturated rings. The van der Waals surface area contributed by atoms with Crippen LogP contribution in [0.2, 0.25) is 0 Å². The molecule has 0 spiro atoms. The molecule has 1 heterocycles. The number of aromatic nitrogens is 1. The molecular formula is C13H21N3O3S. The third-order valence-electron chi connectivity index (χ3n) is 3.01. The molecule has 0 atom stereocenters. The fraction of sp³-hybridized carbons (Fsp3) is 0.692. The number of alkyl carbamates (subject to hydrolysis) is 1. The van der Waals surface area contributed by atoms with E-state index in [1.165, 1.54) is 11.3 Å². The third kappa shape index (κ3) is 4.64. The average Bonchev–Trinajstić information content (AvgIpc) is 2.64. The van der Waals surface area contributed by atoms with Crippen molar-refractivity contribution in [2.45, 2.75) is 57.8 Å². The molecule has 1 saturated carbocycles. The van der Waals surface area contributed by atoms with E-state index in [2.05, 4.69) is 15.6 Å². The van der Waals surface area contributed by atoms with Crippen LogP contribution in [0.1, 0.15) is 39.3 Å². The van der Waals surface area contributed by atoms with Crippen LogP contribution in [0.15, 0.2) is 10.2 Å². The number of thiazole rings is 1. The summed E-state index contributed by atoms with van der Waals surface area (Å²) in [6, 6.07) is 0.544. The molecule has 0 saturated heterocycles. The van der Waals surface area contributed by atoms with Gasteiger partial charge in [0.1, 0.15) is 5.60 Å². The van der Waals surface area contributed by atoms with Gasteiger partial charge in [-0.15, -0.1) is 0 Å². The number of H-pyrrole nitrogens is 1. The van der Waals surface area contributed by atoms with E-state index in [0.29, 0.717) is 12.6 Å². The summed E-state index contributed by atoms with van der Waals surface area (Å²) < 4.78 is 5.20. The standard InChI is InChI=1S/C13H21N3O3S/c1-13(2,3)19-11(17)15-9-4-8(5-9)14-6-10-7-20-12(18)16-10/h7-9,14H,4-6H2,1-3H3,(H,15,17)(H,16,18). The fourth-order valence-electron chi connectivity index (χ4n) is 2.03. The minimum absolute atomic E-state index is 0.0279. The summed E-state index contributed by atoms with van der Waals surface area (Å²) in [5, 5.41) is 8.02. The van der Waals surface area contributed by atoms with Crippen molar-refractivity contribution < 1.29 is 9.53 Å². The summed E-state index contributed by atoms with van der Waals surface area (Å²) in [6.07, 6.45) is 1.41. The lowest BCUT2D eigenvalue weighted by molar-refractivity contribution is 0.0465. The zero-order valence-corrected chi connectivity index (χ0v) is 12.8. The number of amides is 1. The molecule has 112 valence electrons. The highest BCUT2D eigenvalue weighted by molar-refractivity contribution is 7.07. The van der Waals surface area contributed by atoms with Gasteiger partial charge >= 0.3 is 11.0 Å². The smallest absolute Gasteiger partial charge is 0.407 e. The lowest BCUT2D eigenvalue weighted by atomic mass is 9.87. The molecular weight excluding hydrogens is 278 g/mol. The zero-order valence-electron chi connectivity index (χ0n) is 12.0. The summed E-state index contributed by atoms with van der Waals surface area (Å²) in [6.45, 7) is 6.20. The first-order valence-electron chi connectivity index (χ1n) is 6.71. The van der Waals surface area contributed by atoms with E-state index in [9.17, 15) is 9.59 Å². The molecule has 1 aromatic heterocycles. The molecule has 7 heteroatoms. The molecule has 1 aromatic rings. The van der Waals surface area contributed by atoms with Crippen LogP contribution in [-0.2, 0) is 11.3 Å². The molecule has 1 aliphatic rings. The van der Waals surface area contributed by atoms with Gasteiger partial charge in [0.2, 0.25) is 0 Å². The Balaban J connectivity index is 1.62.